The summed E-state index contributed by atoms with van der Waals surface area (Å²) in [5, 5.41) is 3.42. The Morgan fingerprint density at radius 2 is 1.84 bits per heavy atom. The molecule has 0 aliphatic rings. The van der Waals surface area contributed by atoms with E-state index in [2.05, 4.69) is 5.32 Å². The number of carbonyl (C=O) groups excluding carboxylic acids is 1. The first-order chi connectivity index (χ1) is 9.11. The summed E-state index contributed by atoms with van der Waals surface area (Å²) in [7, 11) is 0. The van der Waals surface area contributed by atoms with Gasteiger partial charge in [-0.1, -0.05) is 29.8 Å². The lowest BCUT2D eigenvalue weighted by Crippen LogP contribution is -2.13. The molecule has 2 aromatic carbocycles. The molecule has 2 aromatic rings. The smallest absolute Gasteiger partial charge is 0.255 e. The monoisotopic (exact) mass is 293 g/mol. The first kappa shape index (κ1) is 13.9. The highest BCUT2D eigenvalue weighted by atomic mass is 35.5. The van der Waals surface area contributed by atoms with Crippen molar-refractivity contribution < 1.29 is 4.79 Å². The minimum Gasteiger partial charge on any atom is -0.322 e. The number of rotatable bonds is 3. The topological polar surface area (TPSA) is 29.1 Å². The summed E-state index contributed by atoms with van der Waals surface area (Å²) in [6.45, 7) is 1.83. The average molecular weight is 294 g/mol. The Morgan fingerprint density at radius 1 is 1.16 bits per heavy atom. The van der Waals surface area contributed by atoms with Gasteiger partial charge in [0, 0.05) is 22.2 Å². The number of hydrogen-bond acceptors (Lipinski definition) is 1. The maximum absolute atomic E-state index is 12.1. The highest BCUT2D eigenvalue weighted by Gasteiger charge is 2.10. The molecule has 0 saturated carbocycles. The number of halogens is 2. The third-order valence-corrected chi connectivity index (χ3v) is 3.60. The summed E-state index contributed by atoms with van der Waals surface area (Å²) in [6.07, 6.45) is 0. The van der Waals surface area contributed by atoms with E-state index in [0.29, 0.717) is 16.5 Å². The van der Waals surface area contributed by atoms with Gasteiger partial charge in [0.05, 0.1) is 0 Å². The van der Waals surface area contributed by atoms with Crippen molar-refractivity contribution in [1.82, 2.24) is 0 Å². The zero-order valence-electron chi connectivity index (χ0n) is 10.4. The van der Waals surface area contributed by atoms with Crippen molar-refractivity contribution in [3.05, 3.63) is 64.2 Å². The molecule has 1 N–H and O–H groups in total. The SMILES string of the molecule is Cc1c(Cl)cccc1C(=O)Nc1ccc(CCl)cc1. The van der Waals surface area contributed by atoms with E-state index in [9.17, 15) is 4.79 Å². The number of alkyl halides is 1. The predicted molar refractivity (Wildman–Crippen MR) is 80.1 cm³/mol. The summed E-state index contributed by atoms with van der Waals surface area (Å²) in [4.78, 5) is 12.1. The molecule has 19 heavy (non-hydrogen) atoms. The van der Waals surface area contributed by atoms with Crippen LogP contribution in [0.4, 0.5) is 5.69 Å². The lowest BCUT2D eigenvalue weighted by atomic mass is 10.1. The van der Waals surface area contributed by atoms with E-state index in [1.807, 2.05) is 31.2 Å². The van der Waals surface area contributed by atoms with Crippen LogP contribution in [0.15, 0.2) is 42.5 Å². The van der Waals surface area contributed by atoms with Crippen LogP contribution in [0.5, 0.6) is 0 Å². The van der Waals surface area contributed by atoms with Crippen LogP contribution >= 0.6 is 23.2 Å². The molecule has 0 saturated heterocycles. The Labute approximate surface area is 122 Å². The average Bonchev–Trinajstić information content (AvgIpc) is 2.42. The fourth-order valence-electron chi connectivity index (χ4n) is 1.73. The van der Waals surface area contributed by atoms with Crippen molar-refractivity contribution in [3.8, 4) is 0 Å². The molecular weight excluding hydrogens is 281 g/mol. The maximum atomic E-state index is 12.1. The summed E-state index contributed by atoms with van der Waals surface area (Å²) in [6, 6.07) is 12.7. The molecule has 0 atom stereocenters. The minimum atomic E-state index is -0.168. The molecule has 0 fully saturated rings. The normalized spacial score (nSPS) is 10.3. The third-order valence-electron chi connectivity index (χ3n) is 2.88. The van der Waals surface area contributed by atoms with Crippen molar-refractivity contribution in [2.75, 3.05) is 5.32 Å². The van der Waals surface area contributed by atoms with E-state index >= 15 is 0 Å². The van der Waals surface area contributed by atoms with Crippen LogP contribution in [-0.4, -0.2) is 5.91 Å². The van der Waals surface area contributed by atoms with Gasteiger partial charge in [-0.2, -0.15) is 0 Å². The molecule has 1 amide bonds. The van der Waals surface area contributed by atoms with Crippen molar-refractivity contribution in [2.45, 2.75) is 12.8 Å². The van der Waals surface area contributed by atoms with Gasteiger partial charge in [0.25, 0.3) is 5.91 Å². The molecule has 0 aliphatic heterocycles. The maximum Gasteiger partial charge on any atom is 0.255 e. The zero-order chi connectivity index (χ0) is 13.8. The zero-order valence-corrected chi connectivity index (χ0v) is 11.9. The van der Waals surface area contributed by atoms with E-state index in [1.54, 1.807) is 18.2 Å². The lowest BCUT2D eigenvalue weighted by molar-refractivity contribution is 0.102. The minimum absolute atomic E-state index is 0.168. The van der Waals surface area contributed by atoms with Gasteiger partial charge in [0.15, 0.2) is 0 Å². The van der Waals surface area contributed by atoms with Gasteiger partial charge < -0.3 is 5.32 Å². The van der Waals surface area contributed by atoms with E-state index in [0.717, 1.165) is 16.8 Å². The predicted octanol–water partition coefficient (Wildman–Crippen LogP) is 4.64. The summed E-state index contributed by atoms with van der Waals surface area (Å²) >= 11 is 11.7. The standard InChI is InChI=1S/C15H13Cl2NO/c1-10-13(3-2-4-14(10)17)15(19)18-12-7-5-11(9-16)6-8-12/h2-8H,9H2,1H3,(H,18,19). The fourth-order valence-corrected chi connectivity index (χ4v) is 2.08. The second-order valence-corrected chi connectivity index (χ2v) is 4.87. The van der Waals surface area contributed by atoms with Crippen LogP contribution in [0.25, 0.3) is 0 Å². The Hall–Kier alpha value is -1.51. The largest absolute Gasteiger partial charge is 0.322 e. The van der Waals surface area contributed by atoms with Gasteiger partial charge >= 0.3 is 0 Å². The highest BCUT2D eigenvalue weighted by molar-refractivity contribution is 6.32. The first-order valence-electron chi connectivity index (χ1n) is 5.83. The van der Waals surface area contributed by atoms with Crippen LogP contribution in [-0.2, 0) is 5.88 Å². The Morgan fingerprint density at radius 3 is 2.47 bits per heavy atom. The first-order valence-corrected chi connectivity index (χ1v) is 6.74. The molecule has 0 bridgehead atoms. The van der Waals surface area contributed by atoms with Crippen molar-refractivity contribution in [2.24, 2.45) is 0 Å². The number of anilines is 1. The Bertz CT molecular complexity index is 594. The van der Waals surface area contributed by atoms with Gasteiger partial charge in [-0.15, -0.1) is 11.6 Å². The third kappa shape index (κ3) is 3.28. The van der Waals surface area contributed by atoms with Gasteiger partial charge in [-0.3, -0.25) is 4.79 Å². The molecule has 0 radical (unpaired) electrons. The molecule has 0 aromatic heterocycles. The van der Waals surface area contributed by atoms with Crippen molar-refractivity contribution >= 4 is 34.8 Å². The van der Waals surface area contributed by atoms with Crippen molar-refractivity contribution in [3.63, 3.8) is 0 Å². The number of carbonyl (C=O) groups is 1. The second kappa shape index (κ2) is 6.09. The van der Waals surface area contributed by atoms with Gasteiger partial charge in [-0.05, 0) is 42.3 Å². The molecule has 4 heteroatoms. The summed E-state index contributed by atoms with van der Waals surface area (Å²) in [5.41, 5.74) is 3.10. The van der Waals surface area contributed by atoms with Crippen LogP contribution in [0, 0.1) is 6.92 Å². The molecule has 0 unspecified atom stereocenters. The molecule has 0 aliphatic carbocycles. The molecule has 98 valence electrons. The van der Waals surface area contributed by atoms with Crippen LogP contribution in [0.3, 0.4) is 0 Å². The molecular formula is C15H13Cl2NO. The number of hydrogen-bond donors (Lipinski definition) is 1. The van der Waals surface area contributed by atoms with E-state index in [4.69, 9.17) is 23.2 Å². The fraction of sp³-hybridized carbons (Fsp3) is 0.133. The van der Waals surface area contributed by atoms with Gasteiger partial charge in [0.1, 0.15) is 0 Å². The van der Waals surface area contributed by atoms with Crippen molar-refractivity contribution in [1.29, 1.82) is 0 Å². The number of benzene rings is 2. The summed E-state index contributed by atoms with van der Waals surface area (Å²) in [5.74, 6) is 0.292. The van der Waals surface area contributed by atoms with Crippen LogP contribution in [0.2, 0.25) is 5.02 Å². The van der Waals surface area contributed by atoms with Crippen LogP contribution in [0.1, 0.15) is 21.5 Å². The van der Waals surface area contributed by atoms with E-state index in [-0.39, 0.29) is 5.91 Å². The number of nitrogens with one attached hydrogen (secondary N) is 1. The quantitative estimate of drug-likeness (QED) is 0.821. The molecule has 0 spiro atoms. The lowest BCUT2D eigenvalue weighted by Gasteiger charge is -2.09. The van der Waals surface area contributed by atoms with E-state index in [1.165, 1.54) is 0 Å². The molecule has 0 heterocycles. The van der Waals surface area contributed by atoms with E-state index < -0.39 is 0 Å². The Kier molecular flexibility index (Phi) is 4.46. The number of amides is 1. The molecule has 2 rings (SSSR count). The Balaban J connectivity index is 2.18. The molecule has 2 nitrogen and oxygen atoms in total. The van der Waals surface area contributed by atoms with Crippen LogP contribution < -0.4 is 5.32 Å². The van der Waals surface area contributed by atoms with Gasteiger partial charge in [-0.25, -0.2) is 0 Å². The summed E-state index contributed by atoms with van der Waals surface area (Å²) < 4.78 is 0. The second-order valence-electron chi connectivity index (χ2n) is 4.20. The van der Waals surface area contributed by atoms with Gasteiger partial charge in [0.2, 0.25) is 0 Å². The highest BCUT2D eigenvalue weighted by Crippen LogP contribution is 2.20.